The minimum atomic E-state index is -0.928. The molecule has 1 aliphatic rings. The average molecular weight is 605 g/mol. The lowest BCUT2D eigenvalue weighted by Crippen LogP contribution is -2.54. The number of hydrogen-bond acceptors (Lipinski definition) is 6. The highest BCUT2D eigenvalue weighted by Crippen LogP contribution is 2.29. The molecule has 37 heavy (non-hydrogen) atoms. The maximum absolute atomic E-state index is 13.1. The van der Waals surface area contributed by atoms with Gasteiger partial charge in [-0.1, -0.05) is 39.1 Å². The number of carbonyl (C=O) groups excluding carboxylic acids is 4. The van der Waals surface area contributed by atoms with E-state index < -0.39 is 30.4 Å². The highest BCUT2D eigenvalue weighted by molar-refractivity contribution is 9.10. The molecule has 1 aliphatic heterocycles. The molecule has 0 radical (unpaired) electrons. The van der Waals surface area contributed by atoms with E-state index in [0.717, 1.165) is 4.90 Å². The Morgan fingerprint density at radius 3 is 2.46 bits per heavy atom. The first kappa shape index (κ1) is 26.2. The quantitative estimate of drug-likeness (QED) is 0.264. The predicted molar refractivity (Wildman–Crippen MR) is 142 cm³/mol. The number of barbiturate groups is 1. The summed E-state index contributed by atoms with van der Waals surface area (Å²) >= 11 is 15.2. The number of halogens is 3. The van der Waals surface area contributed by atoms with Crippen LogP contribution in [0.4, 0.5) is 16.2 Å². The third kappa shape index (κ3) is 6.11. The number of benzene rings is 3. The van der Waals surface area contributed by atoms with Gasteiger partial charge in [0.15, 0.2) is 6.61 Å². The first-order valence-electron chi connectivity index (χ1n) is 10.5. The summed E-state index contributed by atoms with van der Waals surface area (Å²) in [5, 5.41) is 14.9. The Morgan fingerprint density at radius 1 is 1.03 bits per heavy atom. The SMILES string of the molecule is O=C(COc1ccc(Br)cc1/C=C1/C(=O)NC(=O)N(c2ccc(O)cc2)C1=O)Nc1ccc(Cl)c(Cl)c1. The standard InChI is InChI=1S/C25H16BrCl2N3O6/c26-14-1-8-21(37-12-22(33)29-15-2-7-19(27)20(28)11-15)13(9-14)10-18-23(34)30-25(36)31(24(18)35)16-3-5-17(32)6-4-16/h1-11,32H,12H2,(H,29,33)(H,30,34,36)/b18-10-. The van der Waals surface area contributed by atoms with Gasteiger partial charge in [0.2, 0.25) is 0 Å². The first-order chi connectivity index (χ1) is 17.6. The fraction of sp³-hybridized carbons (Fsp3) is 0.0400. The van der Waals surface area contributed by atoms with Crippen LogP contribution in [-0.2, 0) is 14.4 Å². The van der Waals surface area contributed by atoms with Gasteiger partial charge < -0.3 is 15.2 Å². The number of nitrogens with zero attached hydrogens (tertiary/aromatic N) is 1. The molecule has 0 saturated carbocycles. The lowest BCUT2D eigenvalue weighted by Gasteiger charge is -2.26. The normalized spacial score (nSPS) is 14.5. The summed E-state index contributed by atoms with van der Waals surface area (Å²) in [5.41, 5.74) is 0.541. The van der Waals surface area contributed by atoms with Crippen LogP contribution >= 0.6 is 39.1 Å². The van der Waals surface area contributed by atoms with Gasteiger partial charge in [-0.25, -0.2) is 9.69 Å². The Labute approximate surface area is 228 Å². The van der Waals surface area contributed by atoms with Crippen molar-refractivity contribution in [3.05, 3.63) is 86.3 Å². The number of imide groups is 2. The Hall–Kier alpha value is -3.86. The Morgan fingerprint density at radius 2 is 1.76 bits per heavy atom. The third-order valence-corrected chi connectivity index (χ3v) is 6.28. The number of anilines is 2. The number of aromatic hydroxyl groups is 1. The number of amides is 5. The van der Waals surface area contributed by atoms with Gasteiger partial charge in [0.1, 0.15) is 17.1 Å². The van der Waals surface area contributed by atoms with E-state index in [2.05, 4.69) is 26.6 Å². The van der Waals surface area contributed by atoms with Gasteiger partial charge in [0.05, 0.1) is 15.7 Å². The molecule has 1 fully saturated rings. The van der Waals surface area contributed by atoms with Gasteiger partial charge in [-0.2, -0.15) is 0 Å². The number of ether oxygens (including phenoxy) is 1. The molecule has 4 rings (SSSR count). The van der Waals surface area contributed by atoms with E-state index in [-0.39, 0.29) is 27.8 Å². The molecule has 0 spiro atoms. The molecule has 5 amide bonds. The summed E-state index contributed by atoms with van der Waals surface area (Å²) in [7, 11) is 0. The van der Waals surface area contributed by atoms with Crippen molar-refractivity contribution in [1.82, 2.24) is 5.32 Å². The topological polar surface area (TPSA) is 125 Å². The molecule has 12 heteroatoms. The van der Waals surface area contributed by atoms with Crippen molar-refractivity contribution < 1.29 is 29.0 Å². The van der Waals surface area contributed by atoms with Crippen molar-refractivity contribution in [2.45, 2.75) is 0 Å². The summed E-state index contributed by atoms with van der Waals surface area (Å²) in [6.07, 6.45) is 1.26. The van der Waals surface area contributed by atoms with Gasteiger partial charge in [0.25, 0.3) is 17.7 Å². The highest BCUT2D eigenvalue weighted by Gasteiger charge is 2.37. The lowest BCUT2D eigenvalue weighted by atomic mass is 10.1. The minimum Gasteiger partial charge on any atom is -0.508 e. The van der Waals surface area contributed by atoms with Crippen molar-refractivity contribution in [3.63, 3.8) is 0 Å². The zero-order valence-electron chi connectivity index (χ0n) is 18.6. The van der Waals surface area contributed by atoms with Gasteiger partial charge in [-0.05, 0) is 66.7 Å². The van der Waals surface area contributed by atoms with Crippen molar-refractivity contribution >= 4 is 80.3 Å². The highest BCUT2D eigenvalue weighted by atomic mass is 79.9. The number of rotatable bonds is 6. The van der Waals surface area contributed by atoms with Gasteiger partial charge in [0, 0.05) is 15.7 Å². The molecule has 3 aromatic rings. The summed E-state index contributed by atoms with van der Waals surface area (Å²) in [5.74, 6) is -2.11. The van der Waals surface area contributed by atoms with Crippen molar-refractivity contribution in [2.75, 3.05) is 16.8 Å². The van der Waals surface area contributed by atoms with Crippen molar-refractivity contribution in [3.8, 4) is 11.5 Å². The molecule has 188 valence electrons. The second kappa shape index (κ2) is 11.0. The number of phenols is 1. The van der Waals surface area contributed by atoms with Gasteiger partial charge in [-0.3, -0.25) is 19.7 Å². The van der Waals surface area contributed by atoms with Crippen LogP contribution in [0.25, 0.3) is 6.08 Å². The molecule has 9 nitrogen and oxygen atoms in total. The number of nitrogens with one attached hydrogen (secondary N) is 2. The summed E-state index contributed by atoms with van der Waals surface area (Å²) in [4.78, 5) is 51.2. The molecule has 1 saturated heterocycles. The summed E-state index contributed by atoms with van der Waals surface area (Å²) in [6, 6.07) is 13.8. The molecule has 0 bridgehead atoms. The molecule has 0 atom stereocenters. The summed E-state index contributed by atoms with van der Waals surface area (Å²) in [6.45, 7) is -0.393. The predicted octanol–water partition coefficient (Wildman–Crippen LogP) is 5.15. The smallest absolute Gasteiger partial charge is 0.335 e. The number of hydrogen-bond donors (Lipinski definition) is 3. The molecule has 3 aromatic carbocycles. The van der Waals surface area contributed by atoms with Crippen LogP contribution in [0.5, 0.6) is 11.5 Å². The van der Waals surface area contributed by atoms with E-state index in [1.165, 1.54) is 42.5 Å². The van der Waals surface area contributed by atoms with Crippen LogP contribution in [0.3, 0.4) is 0 Å². The maximum atomic E-state index is 13.1. The second-order valence-electron chi connectivity index (χ2n) is 7.62. The molecule has 0 aliphatic carbocycles. The second-order valence-corrected chi connectivity index (χ2v) is 9.35. The monoisotopic (exact) mass is 603 g/mol. The van der Waals surface area contributed by atoms with Crippen LogP contribution < -0.4 is 20.3 Å². The van der Waals surface area contributed by atoms with Gasteiger partial charge in [-0.15, -0.1) is 0 Å². The van der Waals surface area contributed by atoms with E-state index in [4.69, 9.17) is 27.9 Å². The van der Waals surface area contributed by atoms with E-state index in [9.17, 15) is 24.3 Å². The van der Waals surface area contributed by atoms with Crippen LogP contribution in [0, 0.1) is 0 Å². The van der Waals surface area contributed by atoms with E-state index >= 15 is 0 Å². The Bertz CT molecular complexity index is 1460. The minimum absolute atomic E-state index is 0.0559. The average Bonchev–Trinajstić information content (AvgIpc) is 2.84. The van der Waals surface area contributed by atoms with Crippen LogP contribution in [0.1, 0.15) is 5.56 Å². The fourth-order valence-electron chi connectivity index (χ4n) is 3.33. The van der Waals surface area contributed by atoms with Crippen LogP contribution in [-0.4, -0.2) is 35.5 Å². The van der Waals surface area contributed by atoms with Crippen molar-refractivity contribution in [1.29, 1.82) is 0 Å². The fourth-order valence-corrected chi connectivity index (χ4v) is 4.00. The van der Waals surface area contributed by atoms with Crippen LogP contribution in [0.2, 0.25) is 10.0 Å². The van der Waals surface area contributed by atoms with Gasteiger partial charge >= 0.3 is 6.03 Å². The number of urea groups is 1. The van der Waals surface area contributed by atoms with E-state index in [1.807, 2.05) is 0 Å². The van der Waals surface area contributed by atoms with Crippen molar-refractivity contribution in [2.24, 2.45) is 0 Å². The number of phenolic OH excluding ortho intramolecular Hbond substituents is 1. The lowest BCUT2D eigenvalue weighted by molar-refractivity contribution is -0.122. The molecule has 1 heterocycles. The molecule has 0 unspecified atom stereocenters. The van der Waals surface area contributed by atoms with E-state index in [0.29, 0.717) is 20.7 Å². The summed E-state index contributed by atoms with van der Waals surface area (Å²) < 4.78 is 6.26. The molecule has 3 N–H and O–H groups in total. The van der Waals surface area contributed by atoms with Crippen LogP contribution in [0.15, 0.2) is 70.7 Å². The molecular formula is C25H16BrCl2N3O6. The zero-order valence-corrected chi connectivity index (χ0v) is 21.7. The maximum Gasteiger partial charge on any atom is 0.335 e. The largest absolute Gasteiger partial charge is 0.508 e. The Balaban J connectivity index is 1.57. The Kier molecular flexibility index (Phi) is 7.82. The van der Waals surface area contributed by atoms with E-state index in [1.54, 1.807) is 24.3 Å². The molecular weight excluding hydrogens is 589 g/mol. The first-order valence-corrected chi connectivity index (χ1v) is 12.0. The molecule has 0 aromatic heterocycles. The zero-order chi connectivity index (χ0) is 26.7. The number of carbonyl (C=O) groups is 4. The third-order valence-electron chi connectivity index (χ3n) is 5.04.